The number of amides is 1. The minimum absolute atomic E-state index is 0.118. The van der Waals surface area contributed by atoms with Gasteiger partial charge >= 0.3 is 0 Å². The highest BCUT2D eigenvalue weighted by atomic mass is 32.2. The van der Waals surface area contributed by atoms with Crippen molar-refractivity contribution in [1.29, 1.82) is 0 Å². The number of rotatable bonds is 4. The molecule has 3 rings (SSSR count). The number of nitrogens with zero attached hydrogens (tertiary/aromatic N) is 1. The first-order valence-corrected chi connectivity index (χ1v) is 9.78. The average Bonchev–Trinajstić information content (AvgIpc) is 3.15. The van der Waals surface area contributed by atoms with E-state index in [0.29, 0.717) is 5.56 Å². The van der Waals surface area contributed by atoms with Crippen LogP contribution in [0.5, 0.6) is 0 Å². The van der Waals surface area contributed by atoms with E-state index in [9.17, 15) is 13.2 Å². The molecule has 1 aromatic carbocycles. The summed E-state index contributed by atoms with van der Waals surface area (Å²) in [6.07, 6.45) is 0. The summed E-state index contributed by atoms with van der Waals surface area (Å²) in [4.78, 5) is 17.8. The van der Waals surface area contributed by atoms with Gasteiger partial charge in [0, 0.05) is 10.4 Å². The molecule has 2 heterocycles. The second kappa shape index (κ2) is 6.37. The number of amidine groups is 1. The second-order valence-corrected chi connectivity index (χ2v) is 8.13. The standard InChI is InChI=1S/C16H17N3O3S2/c1-10(13-7-5-9-23-13)18-16(20)11(2)17-15-12-6-3-4-8-14(12)24(21,22)19-15/h3-11H,1-2H3,(H,17,19)(H,18,20)/t10-,11+/m1/s1. The Morgan fingerprint density at radius 3 is 2.67 bits per heavy atom. The van der Waals surface area contributed by atoms with Crippen LogP contribution in [0.15, 0.2) is 51.7 Å². The highest BCUT2D eigenvalue weighted by Crippen LogP contribution is 2.23. The van der Waals surface area contributed by atoms with Gasteiger partial charge in [0.1, 0.15) is 11.9 Å². The Balaban J connectivity index is 1.78. The van der Waals surface area contributed by atoms with Crippen LogP contribution in [0.3, 0.4) is 0 Å². The SMILES string of the molecule is C[C@H](N=C1NS(=O)(=O)c2ccccc21)C(=O)N[C@H](C)c1cccs1. The average molecular weight is 363 g/mol. The first kappa shape index (κ1) is 16.7. The van der Waals surface area contributed by atoms with Crippen LogP contribution in [-0.4, -0.2) is 26.2 Å². The first-order valence-electron chi connectivity index (χ1n) is 7.42. The van der Waals surface area contributed by atoms with Gasteiger partial charge in [-0.05, 0) is 37.4 Å². The predicted molar refractivity (Wildman–Crippen MR) is 93.6 cm³/mol. The van der Waals surface area contributed by atoms with Crippen LogP contribution in [0.2, 0.25) is 0 Å². The summed E-state index contributed by atoms with van der Waals surface area (Å²) in [5.74, 6) is -0.0518. The molecule has 1 aliphatic heterocycles. The maximum atomic E-state index is 12.3. The number of nitrogens with one attached hydrogen (secondary N) is 2. The maximum Gasteiger partial charge on any atom is 0.263 e. The van der Waals surface area contributed by atoms with Crippen LogP contribution in [0.25, 0.3) is 0 Å². The summed E-state index contributed by atoms with van der Waals surface area (Å²) in [7, 11) is -3.60. The lowest BCUT2D eigenvalue weighted by Gasteiger charge is -2.14. The van der Waals surface area contributed by atoms with Gasteiger partial charge in [0.05, 0.1) is 10.9 Å². The van der Waals surface area contributed by atoms with Gasteiger partial charge in [-0.25, -0.2) is 8.42 Å². The summed E-state index contributed by atoms with van der Waals surface area (Å²) in [6.45, 7) is 3.54. The highest BCUT2D eigenvalue weighted by molar-refractivity contribution is 7.90. The first-order chi connectivity index (χ1) is 11.4. The number of sulfonamides is 1. The molecule has 6 nitrogen and oxygen atoms in total. The molecule has 1 aromatic heterocycles. The van der Waals surface area contributed by atoms with Crippen molar-refractivity contribution in [2.45, 2.75) is 30.8 Å². The van der Waals surface area contributed by atoms with Crippen molar-refractivity contribution in [2.75, 3.05) is 0 Å². The molecule has 0 fully saturated rings. The van der Waals surface area contributed by atoms with Crippen LogP contribution < -0.4 is 10.0 Å². The number of fused-ring (bicyclic) bond motifs is 1. The van der Waals surface area contributed by atoms with E-state index in [2.05, 4.69) is 15.0 Å². The fraction of sp³-hybridized carbons (Fsp3) is 0.250. The zero-order valence-electron chi connectivity index (χ0n) is 13.2. The number of thiophene rings is 1. The molecular weight excluding hydrogens is 346 g/mol. The van der Waals surface area contributed by atoms with E-state index < -0.39 is 16.1 Å². The quantitative estimate of drug-likeness (QED) is 0.871. The van der Waals surface area contributed by atoms with Gasteiger partial charge in [-0.2, -0.15) is 0 Å². The number of carbonyl (C=O) groups is 1. The van der Waals surface area contributed by atoms with Gasteiger partial charge in [-0.1, -0.05) is 18.2 Å². The lowest BCUT2D eigenvalue weighted by atomic mass is 10.2. The Morgan fingerprint density at radius 2 is 1.96 bits per heavy atom. The molecule has 0 radical (unpaired) electrons. The van der Waals surface area contributed by atoms with Crippen molar-refractivity contribution < 1.29 is 13.2 Å². The Bertz CT molecular complexity index is 889. The van der Waals surface area contributed by atoms with Gasteiger partial charge < -0.3 is 5.32 Å². The Morgan fingerprint density at radius 1 is 1.21 bits per heavy atom. The summed E-state index contributed by atoms with van der Waals surface area (Å²) >= 11 is 1.57. The highest BCUT2D eigenvalue weighted by Gasteiger charge is 2.31. The smallest absolute Gasteiger partial charge is 0.263 e. The van der Waals surface area contributed by atoms with Crippen LogP contribution in [-0.2, 0) is 14.8 Å². The van der Waals surface area contributed by atoms with Gasteiger partial charge in [0.25, 0.3) is 10.0 Å². The van der Waals surface area contributed by atoms with E-state index in [1.54, 1.807) is 36.5 Å². The predicted octanol–water partition coefficient (Wildman–Crippen LogP) is 2.05. The minimum atomic E-state index is -3.60. The Kier molecular flexibility index (Phi) is 4.42. The van der Waals surface area contributed by atoms with Gasteiger partial charge in [-0.15, -0.1) is 11.3 Å². The van der Waals surface area contributed by atoms with Crippen molar-refractivity contribution in [3.63, 3.8) is 0 Å². The van der Waals surface area contributed by atoms with Crippen LogP contribution in [0.4, 0.5) is 0 Å². The van der Waals surface area contributed by atoms with Crippen molar-refractivity contribution in [3.05, 3.63) is 52.2 Å². The van der Waals surface area contributed by atoms with Gasteiger partial charge in [-0.3, -0.25) is 14.5 Å². The molecule has 0 aliphatic carbocycles. The third-order valence-corrected chi connectivity index (χ3v) is 6.15. The molecule has 0 saturated carbocycles. The molecule has 1 amide bonds. The van der Waals surface area contributed by atoms with Gasteiger partial charge in [0.15, 0.2) is 0 Å². The number of aliphatic imine (C=N–C) groups is 1. The molecule has 2 aromatic rings. The van der Waals surface area contributed by atoms with Crippen molar-refractivity contribution in [1.82, 2.24) is 10.0 Å². The summed E-state index contributed by atoms with van der Waals surface area (Å²) in [6, 6.07) is 9.63. The second-order valence-electron chi connectivity index (χ2n) is 5.50. The van der Waals surface area contributed by atoms with E-state index in [0.717, 1.165) is 4.88 Å². The number of carbonyl (C=O) groups excluding carboxylic acids is 1. The Labute approximate surface area is 144 Å². The van der Waals surface area contributed by atoms with E-state index in [1.165, 1.54) is 6.07 Å². The van der Waals surface area contributed by atoms with E-state index >= 15 is 0 Å². The summed E-state index contributed by atoms with van der Waals surface area (Å²) in [5, 5.41) is 4.84. The molecule has 2 N–H and O–H groups in total. The van der Waals surface area contributed by atoms with Crippen LogP contribution in [0.1, 0.15) is 30.3 Å². The molecule has 1 aliphatic rings. The minimum Gasteiger partial charge on any atom is -0.347 e. The van der Waals surface area contributed by atoms with Crippen LogP contribution >= 0.6 is 11.3 Å². The third-order valence-electron chi connectivity index (χ3n) is 3.69. The Hall–Kier alpha value is -2.19. The zero-order chi connectivity index (χ0) is 17.3. The topological polar surface area (TPSA) is 87.6 Å². The molecular formula is C16H17N3O3S2. The molecule has 24 heavy (non-hydrogen) atoms. The van der Waals surface area contributed by atoms with Crippen molar-refractivity contribution in [2.24, 2.45) is 4.99 Å². The molecule has 126 valence electrons. The van der Waals surface area contributed by atoms with Crippen molar-refractivity contribution >= 4 is 33.1 Å². The fourth-order valence-corrected chi connectivity index (χ4v) is 4.40. The van der Waals surface area contributed by atoms with E-state index in [1.807, 2.05) is 24.4 Å². The molecule has 0 bridgehead atoms. The number of hydrogen-bond acceptors (Lipinski definition) is 5. The maximum absolute atomic E-state index is 12.3. The fourth-order valence-electron chi connectivity index (χ4n) is 2.42. The summed E-state index contributed by atoms with van der Waals surface area (Å²) in [5.41, 5.74) is 0.489. The molecule has 0 saturated heterocycles. The number of hydrogen-bond donors (Lipinski definition) is 2. The van der Waals surface area contributed by atoms with Crippen LogP contribution in [0, 0.1) is 0 Å². The molecule has 8 heteroatoms. The van der Waals surface area contributed by atoms with E-state index in [4.69, 9.17) is 0 Å². The zero-order valence-corrected chi connectivity index (χ0v) is 14.8. The van der Waals surface area contributed by atoms with Gasteiger partial charge in [0.2, 0.25) is 5.91 Å². The lowest BCUT2D eigenvalue weighted by Crippen LogP contribution is -2.35. The monoisotopic (exact) mass is 363 g/mol. The third kappa shape index (κ3) is 3.20. The molecule has 2 atom stereocenters. The summed E-state index contributed by atoms with van der Waals surface area (Å²) < 4.78 is 26.5. The molecule has 0 unspecified atom stereocenters. The molecule has 0 spiro atoms. The lowest BCUT2D eigenvalue weighted by molar-refractivity contribution is -0.122. The van der Waals surface area contributed by atoms with E-state index in [-0.39, 0.29) is 22.7 Å². The largest absolute Gasteiger partial charge is 0.347 e. The number of benzene rings is 1. The van der Waals surface area contributed by atoms with Crippen molar-refractivity contribution in [3.8, 4) is 0 Å². The normalized spacial score (nSPS) is 19.3.